The Hall–Kier alpha value is -5.28. The molecule has 0 aromatic heterocycles. The minimum atomic E-state index is -0.520. The lowest BCUT2D eigenvalue weighted by molar-refractivity contribution is -0.128. The van der Waals surface area contributed by atoms with Crippen LogP contribution in [0.25, 0.3) is 6.08 Å². The number of hydrogen-bond acceptors (Lipinski definition) is 6. The number of aryl methyl sites for hydroxylation is 1. The van der Waals surface area contributed by atoms with Crippen molar-refractivity contribution in [2.24, 2.45) is 5.73 Å². The molecule has 0 bridgehead atoms. The lowest BCUT2D eigenvalue weighted by Gasteiger charge is -2.26. The Kier molecular flexibility index (Phi) is 7.42. The summed E-state index contributed by atoms with van der Waals surface area (Å²) >= 11 is 0. The molecule has 0 saturated heterocycles. The predicted molar refractivity (Wildman–Crippen MR) is 149 cm³/mol. The number of nitriles is 1. The molecule has 39 heavy (non-hydrogen) atoms. The van der Waals surface area contributed by atoms with Gasteiger partial charge in [-0.2, -0.15) is 5.26 Å². The van der Waals surface area contributed by atoms with Crippen LogP contribution in [0.3, 0.4) is 0 Å². The van der Waals surface area contributed by atoms with E-state index in [-0.39, 0.29) is 5.88 Å². The monoisotopic (exact) mass is 514 g/mol. The predicted octanol–water partition coefficient (Wildman–Crippen LogP) is 6.41. The third-order valence-corrected chi connectivity index (χ3v) is 6.36. The molecule has 1 aliphatic rings. The highest BCUT2D eigenvalue weighted by molar-refractivity contribution is 5.88. The van der Waals surface area contributed by atoms with Crippen LogP contribution in [0.15, 0.2) is 115 Å². The number of fused-ring (bicyclic) bond motifs is 1. The van der Waals surface area contributed by atoms with Crippen molar-refractivity contribution in [1.29, 1.82) is 5.26 Å². The van der Waals surface area contributed by atoms with Crippen LogP contribution >= 0.6 is 0 Å². The number of esters is 1. The molecule has 4 aromatic rings. The van der Waals surface area contributed by atoms with E-state index >= 15 is 0 Å². The lowest BCUT2D eigenvalue weighted by atomic mass is 9.83. The van der Waals surface area contributed by atoms with Crippen LogP contribution in [0.2, 0.25) is 0 Å². The summed E-state index contributed by atoms with van der Waals surface area (Å²) in [6.45, 7) is 2.50. The number of benzene rings is 4. The Bertz CT molecular complexity index is 1580. The zero-order valence-corrected chi connectivity index (χ0v) is 21.3. The first-order valence-electron chi connectivity index (χ1n) is 12.4. The van der Waals surface area contributed by atoms with E-state index in [2.05, 4.69) is 18.2 Å². The Morgan fingerprint density at radius 1 is 0.974 bits per heavy atom. The van der Waals surface area contributed by atoms with Gasteiger partial charge in [0.2, 0.25) is 5.88 Å². The van der Waals surface area contributed by atoms with Crippen molar-refractivity contribution in [3.63, 3.8) is 0 Å². The van der Waals surface area contributed by atoms with Crippen LogP contribution in [0.1, 0.15) is 33.7 Å². The number of carbonyl (C=O) groups is 1. The van der Waals surface area contributed by atoms with Gasteiger partial charge in [-0.3, -0.25) is 0 Å². The van der Waals surface area contributed by atoms with Gasteiger partial charge in [-0.25, -0.2) is 4.79 Å². The SMILES string of the molecule is Cc1ccc(COc2ccc(C3C(C#N)=C(N)Oc4cc(OC(=O)/C=C/c5ccccc5)ccc43)cc2)cc1. The molecule has 0 radical (unpaired) electrons. The third kappa shape index (κ3) is 6.00. The van der Waals surface area contributed by atoms with Gasteiger partial charge in [0.25, 0.3) is 0 Å². The van der Waals surface area contributed by atoms with Crippen molar-refractivity contribution in [2.45, 2.75) is 19.4 Å². The first kappa shape index (κ1) is 25.4. The van der Waals surface area contributed by atoms with Crippen molar-refractivity contribution in [1.82, 2.24) is 0 Å². The maximum absolute atomic E-state index is 12.4. The molecule has 1 atom stereocenters. The molecule has 6 heteroatoms. The van der Waals surface area contributed by atoms with Crippen molar-refractivity contribution >= 4 is 12.0 Å². The fourth-order valence-corrected chi connectivity index (χ4v) is 4.33. The first-order chi connectivity index (χ1) is 19.0. The van der Waals surface area contributed by atoms with Crippen molar-refractivity contribution in [2.75, 3.05) is 0 Å². The third-order valence-electron chi connectivity index (χ3n) is 6.36. The van der Waals surface area contributed by atoms with Gasteiger partial charge >= 0.3 is 5.97 Å². The zero-order chi connectivity index (χ0) is 27.2. The van der Waals surface area contributed by atoms with E-state index in [0.717, 1.165) is 22.3 Å². The Labute approximate surface area is 227 Å². The minimum absolute atomic E-state index is 0.0159. The summed E-state index contributed by atoms with van der Waals surface area (Å²) in [7, 11) is 0. The summed E-state index contributed by atoms with van der Waals surface area (Å²) in [6, 6.07) is 32.5. The van der Waals surface area contributed by atoms with E-state index in [4.69, 9.17) is 19.9 Å². The largest absolute Gasteiger partial charge is 0.489 e. The van der Waals surface area contributed by atoms with Crippen molar-refractivity contribution < 1.29 is 19.0 Å². The molecular weight excluding hydrogens is 488 g/mol. The van der Waals surface area contributed by atoms with Gasteiger partial charge in [0.05, 0.1) is 5.92 Å². The Balaban J connectivity index is 1.33. The molecule has 4 aromatic carbocycles. The highest BCUT2D eigenvalue weighted by Crippen LogP contribution is 2.43. The van der Waals surface area contributed by atoms with Gasteiger partial charge in [-0.1, -0.05) is 78.4 Å². The topological polar surface area (TPSA) is 94.6 Å². The molecule has 5 rings (SSSR count). The second kappa shape index (κ2) is 11.4. The molecule has 1 unspecified atom stereocenters. The highest BCUT2D eigenvalue weighted by atomic mass is 16.5. The van der Waals surface area contributed by atoms with Crippen LogP contribution in [-0.4, -0.2) is 5.97 Å². The minimum Gasteiger partial charge on any atom is -0.489 e. The molecule has 0 aliphatic carbocycles. The second-order valence-corrected chi connectivity index (χ2v) is 9.13. The average Bonchev–Trinajstić information content (AvgIpc) is 2.96. The molecular formula is C33H26N2O4. The fourth-order valence-electron chi connectivity index (χ4n) is 4.33. The molecule has 0 fully saturated rings. The van der Waals surface area contributed by atoms with Crippen LogP contribution in [0.4, 0.5) is 0 Å². The number of nitrogens with zero attached hydrogens (tertiary/aromatic N) is 1. The number of ether oxygens (including phenoxy) is 3. The lowest BCUT2D eigenvalue weighted by Crippen LogP contribution is -2.21. The highest BCUT2D eigenvalue weighted by Gasteiger charge is 2.31. The smallest absolute Gasteiger partial charge is 0.336 e. The molecule has 1 heterocycles. The summed E-state index contributed by atoms with van der Waals surface area (Å²) in [4.78, 5) is 12.4. The maximum atomic E-state index is 12.4. The molecule has 0 amide bonds. The normalized spacial score (nSPS) is 14.3. The summed E-state index contributed by atoms with van der Waals surface area (Å²) in [5.41, 5.74) is 11.2. The van der Waals surface area contributed by atoms with Crippen LogP contribution in [-0.2, 0) is 11.4 Å². The van der Waals surface area contributed by atoms with E-state index in [1.54, 1.807) is 24.3 Å². The van der Waals surface area contributed by atoms with Crippen LogP contribution < -0.4 is 19.9 Å². The van der Waals surface area contributed by atoms with Gasteiger partial charge in [0.1, 0.15) is 35.5 Å². The number of rotatable bonds is 7. The first-order valence-corrected chi connectivity index (χ1v) is 12.4. The molecule has 192 valence electrons. The number of nitrogens with two attached hydrogens (primary N) is 1. The fraction of sp³-hybridized carbons (Fsp3) is 0.0909. The van der Waals surface area contributed by atoms with E-state index in [9.17, 15) is 10.1 Å². The standard InChI is InChI=1S/C33H26N2O4/c1-22-7-9-24(10-8-22)21-37-26-14-12-25(13-15-26)32-28-17-16-27(19-30(28)39-33(35)29(32)20-34)38-31(36)18-11-23-5-3-2-4-6-23/h2-19,32H,21,35H2,1H3/b18-11+. The van der Waals surface area contributed by atoms with Gasteiger partial charge in [0.15, 0.2) is 0 Å². The average molecular weight is 515 g/mol. The zero-order valence-electron chi connectivity index (χ0n) is 21.3. The van der Waals surface area contributed by atoms with Gasteiger partial charge in [-0.05, 0) is 47.9 Å². The molecule has 0 saturated carbocycles. The Morgan fingerprint density at radius 3 is 2.41 bits per heavy atom. The van der Waals surface area contributed by atoms with Crippen LogP contribution in [0.5, 0.6) is 17.2 Å². The molecule has 6 nitrogen and oxygen atoms in total. The quantitative estimate of drug-likeness (QED) is 0.174. The number of hydrogen-bond donors (Lipinski definition) is 1. The maximum Gasteiger partial charge on any atom is 0.336 e. The second-order valence-electron chi connectivity index (χ2n) is 9.13. The van der Waals surface area contributed by atoms with Gasteiger partial charge in [-0.15, -0.1) is 0 Å². The van der Waals surface area contributed by atoms with Crippen molar-refractivity contribution in [3.8, 4) is 23.3 Å². The van der Waals surface area contributed by atoms with E-state index in [0.29, 0.717) is 29.4 Å². The summed E-state index contributed by atoms with van der Waals surface area (Å²) in [5.74, 6) is 0.507. The number of carbonyl (C=O) groups excluding carboxylic acids is 1. The summed E-state index contributed by atoms with van der Waals surface area (Å²) in [6.07, 6.45) is 3.05. The van der Waals surface area contributed by atoms with E-state index in [1.165, 1.54) is 11.6 Å². The summed E-state index contributed by atoms with van der Waals surface area (Å²) in [5, 5.41) is 9.86. The van der Waals surface area contributed by atoms with Gasteiger partial charge in [0, 0.05) is 17.7 Å². The van der Waals surface area contributed by atoms with Gasteiger partial charge < -0.3 is 19.9 Å². The number of allylic oxidation sites excluding steroid dienone is 1. The Morgan fingerprint density at radius 2 is 1.69 bits per heavy atom. The molecule has 0 spiro atoms. The van der Waals surface area contributed by atoms with Crippen molar-refractivity contribution in [3.05, 3.63) is 142 Å². The van der Waals surface area contributed by atoms with Crippen LogP contribution in [0, 0.1) is 18.3 Å². The molecule has 2 N–H and O–H groups in total. The summed E-state index contributed by atoms with van der Waals surface area (Å²) < 4.78 is 17.2. The molecule has 1 aliphatic heterocycles. The van der Waals surface area contributed by atoms with E-state index in [1.807, 2.05) is 73.7 Å². The van der Waals surface area contributed by atoms with E-state index < -0.39 is 11.9 Å².